The van der Waals surface area contributed by atoms with Crippen molar-refractivity contribution in [2.24, 2.45) is 0 Å². The fourth-order valence-electron chi connectivity index (χ4n) is 1.12. The van der Waals surface area contributed by atoms with Gasteiger partial charge in [0, 0.05) is 12.0 Å². The highest BCUT2D eigenvalue weighted by atomic mass is 35.5. The number of nitrogens with two attached hydrogens (primary N) is 1. The normalized spacial score (nSPS) is 10.2. The third-order valence-electron chi connectivity index (χ3n) is 1.88. The van der Waals surface area contributed by atoms with Gasteiger partial charge in [-0.25, -0.2) is 0 Å². The van der Waals surface area contributed by atoms with Crippen LogP contribution in [0.4, 0.5) is 5.69 Å². The highest BCUT2D eigenvalue weighted by Crippen LogP contribution is 2.29. The summed E-state index contributed by atoms with van der Waals surface area (Å²) in [5, 5.41) is 0.661. The summed E-state index contributed by atoms with van der Waals surface area (Å²) in [5.74, 6) is 0.0382. The van der Waals surface area contributed by atoms with Crippen LogP contribution in [0.15, 0.2) is 12.1 Å². The maximum absolute atomic E-state index is 11.5. The van der Waals surface area contributed by atoms with Crippen LogP contribution in [0.2, 0.25) is 10.0 Å². The molecule has 4 heteroatoms. The second-order valence-electron chi connectivity index (χ2n) is 3.03. The van der Waals surface area contributed by atoms with Crippen molar-refractivity contribution in [2.75, 3.05) is 5.73 Å². The van der Waals surface area contributed by atoms with Crippen LogP contribution in [-0.2, 0) is 0 Å². The van der Waals surface area contributed by atoms with Gasteiger partial charge in [0.2, 0.25) is 0 Å². The number of halogens is 2. The summed E-state index contributed by atoms with van der Waals surface area (Å²) in [5.41, 5.74) is 6.39. The number of benzene rings is 1. The maximum atomic E-state index is 11.5. The topological polar surface area (TPSA) is 43.1 Å². The van der Waals surface area contributed by atoms with Gasteiger partial charge in [-0.05, 0) is 18.6 Å². The Morgan fingerprint density at radius 3 is 2.29 bits per heavy atom. The molecular formula is C10H11Cl2NO. The van der Waals surface area contributed by atoms with Crippen molar-refractivity contribution in [1.82, 2.24) is 0 Å². The average Bonchev–Trinajstić information content (AvgIpc) is 2.13. The first-order valence-electron chi connectivity index (χ1n) is 4.34. The quantitative estimate of drug-likeness (QED) is 0.639. The van der Waals surface area contributed by atoms with E-state index in [1.807, 2.05) is 6.92 Å². The summed E-state index contributed by atoms with van der Waals surface area (Å²) in [7, 11) is 0. The van der Waals surface area contributed by atoms with Crippen molar-refractivity contribution < 1.29 is 4.79 Å². The Hall–Kier alpha value is -0.730. The Kier molecular flexibility index (Phi) is 3.78. The van der Waals surface area contributed by atoms with Crippen LogP contribution in [0.3, 0.4) is 0 Å². The number of nitrogen functional groups attached to an aromatic ring is 1. The molecule has 0 aliphatic heterocycles. The predicted molar refractivity (Wildman–Crippen MR) is 60.1 cm³/mol. The van der Waals surface area contributed by atoms with Crippen molar-refractivity contribution in [3.05, 3.63) is 27.7 Å². The lowest BCUT2D eigenvalue weighted by atomic mass is 10.1. The van der Waals surface area contributed by atoms with Gasteiger partial charge in [0.25, 0.3) is 0 Å². The molecule has 0 atom stereocenters. The second-order valence-corrected chi connectivity index (χ2v) is 3.84. The van der Waals surface area contributed by atoms with Crippen LogP contribution in [0.5, 0.6) is 0 Å². The van der Waals surface area contributed by atoms with Crippen LogP contribution in [0, 0.1) is 0 Å². The first kappa shape index (κ1) is 11.3. The van der Waals surface area contributed by atoms with E-state index in [0.29, 0.717) is 27.7 Å². The third-order valence-corrected chi connectivity index (χ3v) is 2.50. The molecule has 0 heterocycles. The summed E-state index contributed by atoms with van der Waals surface area (Å²) in [6.45, 7) is 1.94. The molecule has 1 aromatic rings. The number of Topliss-reactive ketones (excluding diaryl/α,β-unsaturated/α-hetero) is 1. The summed E-state index contributed by atoms with van der Waals surface area (Å²) < 4.78 is 0. The van der Waals surface area contributed by atoms with Crippen LogP contribution < -0.4 is 5.73 Å². The van der Waals surface area contributed by atoms with Crippen molar-refractivity contribution >= 4 is 34.7 Å². The molecule has 14 heavy (non-hydrogen) atoms. The summed E-state index contributed by atoms with van der Waals surface area (Å²) in [6.07, 6.45) is 1.30. The average molecular weight is 232 g/mol. The molecule has 0 aliphatic rings. The Balaban J connectivity index is 3.06. The van der Waals surface area contributed by atoms with Crippen molar-refractivity contribution in [3.8, 4) is 0 Å². The first-order valence-corrected chi connectivity index (χ1v) is 5.09. The number of anilines is 1. The smallest absolute Gasteiger partial charge is 0.162 e. The van der Waals surface area contributed by atoms with Crippen LogP contribution in [-0.4, -0.2) is 5.78 Å². The van der Waals surface area contributed by atoms with Crippen LogP contribution >= 0.6 is 23.2 Å². The van der Waals surface area contributed by atoms with E-state index in [-0.39, 0.29) is 5.78 Å². The van der Waals surface area contributed by atoms with Crippen LogP contribution in [0.1, 0.15) is 30.1 Å². The SMILES string of the molecule is CCCC(=O)c1cc(Cl)c(N)c(Cl)c1. The van der Waals surface area contributed by atoms with E-state index in [1.165, 1.54) is 0 Å². The number of hydrogen-bond acceptors (Lipinski definition) is 2. The highest BCUT2D eigenvalue weighted by Gasteiger charge is 2.10. The number of carbonyl (C=O) groups excluding carboxylic acids is 1. The van der Waals surface area contributed by atoms with E-state index in [0.717, 1.165) is 6.42 Å². The first-order chi connectivity index (χ1) is 6.56. The second kappa shape index (κ2) is 4.67. The monoisotopic (exact) mass is 231 g/mol. The van der Waals surface area contributed by atoms with Gasteiger partial charge in [-0.3, -0.25) is 4.79 Å². The van der Waals surface area contributed by atoms with Crippen molar-refractivity contribution in [2.45, 2.75) is 19.8 Å². The molecule has 0 bridgehead atoms. The predicted octanol–water partition coefficient (Wildman–Crippen LogP) is 3.56. The molecule has 0 unspecified atom stereocenters. The van der Waals surface area contributed by atoms with Crippen molar-refractivity contribution in [3.63, 3.8) is 0 Å². The van der Waals surface area contributed by atoms with Gasteiger partial charge in [-0.15, -0.1) is 0 Å². The molecule has 0 saturated carbocycles. The standard InChI is InChI=1S/C10H11Cl2NO/c1-2-3-9(14)6-4-7(11)10(13)8(12)5-6/h4-5H,2-3,13H2,1H3. The molecule has 0 radical (unpaired) electrons. The molecular weight excluding hydrogens is 221 g/mol. The molecule has 2 N–H and O–H groups in total. The summed E-state index contributed by atoms with van der Waals surface area (Å²) in [6, 6.07) is 3.11. The fourth-order valence-corrected chi connectivity index (χ4v) is 1.60. The highest BCUT2D eigenvalue weighted by molar-refractivity contribution is 6.39. The van der Waals surface area contributed by atoms with E-state index in [4.69, 9.17) is 28.9 Å². The van der Waals surface area contributed by atoms with Gasteiger partial charge in [-0.2, -0.15) is 0 Å². The van der Waals surface area contributed by atoms with Crippen molar-refractivity contribution in [1.29, 1.82) is 0 Å². The molecule has 1 aromatic carbocycles. The van der Waals surface area contributed by atoms with Gasteiger partial charge < -0.3 is 5.73 Å². The fraction of sp³-hybridized carbons (Fsp3) is 0.300. The third kappa shape index (κ3) is 2.40. The largest absolute Gasteiger partial charge is 0.396 e. The molecule has 76 valence electrons. The lowest BCUT2D eigenvalue weighted by Crippen LogP contribution is -1.99. The van der Waals surface area contributed by atoms with Gasteiger partial charge in [0.05, 0.1) is 15.7 Å². The Labute approximate surface area is 93.0 Å². The van der Waals surface area contributed by atoms with E-state index in [1.54, 1.807) is 12.1 Å². The minimum absolute atomic E-state index is 0.0382. The Bertz CT molecular complexity index is 340. The molecule has 0 spiro atoms. The number of carbonyl (C=O) groups is 1. The van der Waals surface area contributed by atoms with Crippen LogP contribution in [0.25, 0.3) is 0 Å². The zero-order valence-corrected chi connectivity index (χ0v) is 9.32. The molecule has 0 saturated heterocycles. The summed E-state index contributed by atoms with van der Waals surface area (Å²) >= 11 is 11.6. The van der Waals surface area contributed by atoms with E-state index in [9.17, 15) is 4.79 Å². The summed E-state index contributed by atoms with van der Waals surface area (Å²) in [4.78, 5) is 11.5. The molecule has 1 rings (SSSR count). The van der Waals surface area contributed by atoms with E-state index < -0.39 is 0 Å². The zero-order chi connectivity index (χ0) is 10.7. The Morgan fingerprint density at radius 1 is 1.36 bits per heavy atom. The van der Waals surface area contributed by atoms with Gasteiger partial charge in [0.1, 0.15) is 0 Å². The molecule has 2 nitrogen and oxygen atoms in total. The lowest BCUT2D eigenvalue weighted by molar-refractivity contribution is 0.0982. The minimum Gasteiger partial charge on any atom is -0.396 e. The maximum Gasteiger partial charge on any atom is 0.162 e. The molecule has 0 amide bonds. The molecule has 0 fully saturated rings. The Morgan fingerprint density at radius 2 is 1.86 bits per heavy atom. The van der Waals surface area contributed by atoms with Gasteiger partial charge >= 0.3 is 0 Å². The number of hydrogen-bond donors (Lipinski definition) is 1. The van der Waals surface area contributed by atoms with E-state index >= 15 is 0 Å². The minimum atomic E-state index is 0.0382. The van der Waals surface area contributed by atoms with E-state index in [2.05, 4.69) is 0 Å². The zero-order valence-electron chi connectivity index (χ0n) is 7.81. The lowest BCUT2D eigenvalue weighted by Gasteiger charge is -2.04. The molecule has 0 aliphatic carbocycles. The number of rotatable bonds is 3. The van der Waals surface area contributed by atoms with Gasteiger partial charge in [-0.1, -0.05) is 30.1 Å². The number of ketones is 1. The van der Waals surface area contributed by atoms with Gasteiger partial charge in [0.15, 0.2) is 5.78 Å². The molecule has 0 aromatic heterocycles.